The zero-order chi connectivity index (χ0) is 8.55. The van der Waals surface area contributed by atoms with Gasteiger partial charge < -0.3 is 4.42 Å². The first kappa shape index (κ1) is 7.09. The summed E-state index contributed by atoms with van der Waals surface area (Å²) in [5, 5.41) is 0.488. The monoisotopic (exact) mass is 165 g/mol. The number of oxazole rings is 1. The Labute approximate surface area is 67.2 Å². The molecule has 0 aromatic carbocycles. The summed E-state index contributed by atoms with van der Waals surface area (Å²) in [6.07, 6.45) is 4.26. The molecule has 1 aromatic heterocycles. The van der Waals surface area contributed by atoms with Crippen LogP contribution in [0, 0.1) is 0 Å². The minimum absolute atomic E-state index is 0.0158. The van der Waals surface area contributed by atoms with Crippen molar-refractivity contribution in [3.8, 4) is 0 Å². The van der Waals surface area contributed by atoms with Crippen LogP contribution in [-0.2, 0) is 4.79 Å². The lowest BCUT2D eigenvalue weighted by molar-refractivity contribution is -0.113. The molecule has 1 aromatic rings. The summed E-state index contributed by atoms with van der Waals surface area (Å²) in [7, 11) is 0. The Morgan fingerprint density at radius 3 is 3.08 bits per heavy atom. The predicted octanol–water partition coefficient (Wildman–Crippen LogP) is -1.11. The van der Waals surface area contributed by atoms with Crippen molar-refractivity contribution in [2.24, 2.45) is 0 Å². The van der Waals surface area contributed by atoms with Crippen molar-refractivity contribution in [3.05, 3.63) is 21.3 Å². The Kier molecular flexibility index (Phi) is 1.46. The van der Waals surface area contributed by atoms with Crippen LogP contribution in [0.1, 0.15) is 12.8 Å². The molecule has 4 nitrogen and oxygen atoms in total. The van der Waals surface area contributed by atoms with E-state index in [0.29, 0.717) is 23.6 Å². The van der Waals surface area contributed by atoms with Crippen molar-refractivity contribution in [1.29, 1.82) is 0 Å². The van der Waals surface area contributed by atoms with Crippen LogP contribution in [0.25, 0.3) is 12.2 Å². The summed E-state index contributed by atoms with van der Waals surface area (Å²) in [5.41, 5.74) is 0.478. The van der Waals surface area contributed by atoms with Crippen molar-refractivity contribution >= 4 is 17.9 Å². The Bertz CT molecular complexity index is 477. The van der Waals surface area contributed by atoms with E-state index in [1.165, 1.54) is 6.08 Å². The fourth-order valence-electron chi connectivity index (χ4n) is 1.19. The first-order chi connectivity index (χ1) is 5.75. The number of hydrogen-bond acceptors (Lipinski definition) is 3. The number of carbonyl (C=O) groups excluding carboxylic acids is 1. The van der Waals surface area contributed by atoms with Gasteiger partial charge >= 0.3 is 5.76 Å². The van der Waals surface area contributed by atoms with E-state index in [1.807, 2.05) is 0 Å². The van der Waals surface area contributed by atoms with Crippen molar-refractivity contribution in [1.82, 2.24) is 4.98 Å². The third-order valence-electron chi connectivity index (χ3n) is 1.73. The fourth-order valence-corrected chi connectivity index (χ4v) is 1.19. The largest absolute Gasteiger partial charge is 0.417 e. The highest BCUT2D eigenvalue weighted by Crippen LogP contribution is 1.94. The molecule has 62 valence electrons. The van der Waals surface area contributed by atoms with E-state index < -0.39 is 5.76 Å². The van der Waals surface area contributed by atoms with Crippen LogP contribution in [0.2, 0.25) is 0 Å². The van der Waals surface area contributed by atoms with Gasteiger partial charge in [0, 0.05) is 12.5 Å². The molecular formula is C8H7NO3. The molecule has 1 aliphatic rings. The highest BCUT2D eigenvalue weighted by atomic mass is 16.4. The van der Waals surface area contributed by atoms with Gasteiger partial charge in [0.25, 0.3) is 0 Å². The summed E-state index contributed by atoms with van der Waals surface area (Å²) < 4.78 is 4.78. The number of ketones is 1. The van der Waals surface area contributed by atoms with Gasteiger partial charge in [-0.1, -0.05) is 0 Å². The first-order valence-corrected chi connectivity index (χ1v) is 3.69. The standard InChI is InChI=1S/C8H7NO3/c10-5-2-1-3-7-6(4-5)9-8(11)12-7/h3-4H,1-2H2,(H,9,11). The van der Waals surface area contributed by atoms with Crippen molar-refractivity contribution in [2.75, 3.05) is 0 Å². The third kappa shape index (κ3) is 1.11. The molecule has 1 aliphatic carbocycles. The van der Waals surface area contributed by atoms with Crippen LogP contribution in [0.5, 0.6) is 0 Å². The molecule has 4 heteroatoms. The predicted molar refractivity (Wildman–Crippen MR) is 41.7 cm³/mol. The molecule has 0 unspecified atom stereocenters. The van der Waals surface area contributed by atoms with E-state index in [-0.39, 0.29) is 5.78 Å². The molecule has 0 atom stereocenters. The van der Waals surface area contributed by atoms with Gasteiger partial charge in [0.15, 0.2) is 11.2 Å². The Balaban J connectivity index is 2.83. The second-order valence-electron chi connectivity index (χ2n) is 2.65. The number of nitrogens with one attached hydrogen (secondary N) is 1. The van der Waals surface area contributed by atoms with Gasteiger partial charge in [-0.05, 0) is 12.5 Å². The van der Waals surface area contributed by atoms with Crippen LogP contribution in [0.15, 0.2) is 9.21 Å². The number of hydrogen-bond donors (Lipinski definition) is 1. The van der Waals surface area contributed by atoms with Crippen molar-refractivity contribution in [3.63, 3.8) is 0 Å². The number of carbonyl (C=O) groups is 1. The summed E-state index contributed by atoms with van der Waals surface area (Å²) in [6.45, 7) is 0. The van der Waals surface area contributed by atoms with Gasteiger partial charge in [-0.15, -0.1) is 0 Å². The normalized spacial score (nSPS) is 15.8. The van der Waals surface area contributed by atoms with Crippen LogP contribution in [-0.4, -0.2) is 10.8 Å². The van der Waals surface area contributed by atoms with Crippen molar-refractivity contribution in [2.45, 2.75) is 12.8 Å². The number of fused-ring (bicyclic) bond motifs is 1. The van der Waals surface area contributed by atoms with Gasteiger partial charge in [0.1, 0.15) is 0 Å². The Hall–Kier alpha value is -1.58. The molecule has 0 radical (unpaired) electrons. The number of Topliss-reactive ketones (excluding diaryl/α,β-unsaturated/α-hetero) is 1. The Morgan fingerprint density at radius 2 is 2.25 bits per heavy atom. The van der Waals surface area contributed by atoms with Crippen molar-refractivity contribution < 1.29 is 9.21 Å². The fraction of sp³-hybridized carbons (Fsp3) is 0.250. The summed E-state index contributed by atoms with van der Waals surface area (Å²) in [6, 6.07) is 0. The first-order valence-electron chi connectivity index (χ1n) is 3.69. The lowest BCUT2D eigenvalue weighted by Crippen LogP contribution is -2.22. The summed E-state index contributed by atoms with van der Waals surface area (Å²) >= 11 is 0. The van der Waals surface area contributed by atoms with Gasteiger partial charge in [-0.25, -0.2) is 4.79 Å². The maximum atomic E-state index is 11.0. The van der Waals surface area contributed by atoms with E-state index in [1.54, 1.807) is 6.08 Å². The number of H-pyrrole nitrogens is 1. The van der Waals surface area contributed by atoms with Crippen LogP contribution in [0.3, 0.4) is 0 Å². The lowest BCUT2D eigenvalue weighted by atomic mass is 10.2. The SMILES string of the molecule is O=C1C=c2[nH]c(=O)oc2=CCC1. The topological polar surface area (TPSA) is 63.1 Å². The minimum atomic E-state index is -0.512. The molecule has 0 saturated heterocycles. The molecule has 0 fully saturated rings. The quantitative estimate of drug-likeness (QED) is 0.530. The van der Waals surface area contributed by atoms with Gasteiger partial charge in [0.05, 0.1) is 5.35 Å². The molecule has 1 N–H and O–H groups in total. The Morgan fingerprint density at radius 1 is 1.42 bits per heavy atom. The number of aromatic amines is 1. The molecule has 0 saturated carbocycles. The molecular weight excluding hydrogens is 158 g/mol. The van der Waals surface area contributed by atoms with Gasteiger partial charge in [0.2, 0.25) is 0 Å². The van der Waals surface area contributed by atoms with Crippen LogP contribution < -0.4 is 16.5 Å². The molecule has 1 heterocycles. The summed E-state index contributed by atoms with van der Waals surface area (Å²) in [5.74, 6) is -0.496. The zero-order valence-electron chi connectivity index (χ0n) is 6.29. The maximum absolute atomic E-state index is 11.0. The van der Waals surface area contributed by atoms with E-state index in [9.17, 15) is 9.59 Å². The molecule has 0 spiro atoms. The van der Waals surface area contributed by atoms with Gasteiger partial charge in [-0.3, -0.25) is 9.78 Å². The lowest BCUT2D eigenvalue weighted by Gasteiger charge is -1.83. The maximum Gasteiger partial charge on any atom is 0.417 e. The van der Waals surface area contributed by atoms with E-state index in [2.05, 4.69) is 4.98 Å². The van der Waals surface area contributed by atoms with Gasteiger partial charge in [-0.2, -0.15) is 0 Å². The minimum Gasteiger partial charge on any atom is -0.408 e. The molecule has 0 aliphatic heterocycles. The average molecular weight is 165 g/mol. The highest BCUT2D eigenvalue weighted by molar-refractivity contribution is 6.06. The third-order valence-corrected chi connectivity index (χ3v) is 1.73. The van der Waals surface area contributed by atoms with E-state index >= 15 is 0 Å². The zero-order valence-corrected chi connectivity index (χ0v) is 6.29. The molecule has 2 rings (SSSR count). The number of rotatable bonds is 0. The highest BCUT2D eigenvalue weighted by Gasteiger charge is 2.03. The van der Waals surface area contributed by atoms with E-state index in [0.717, 1.165) is 0 Å². The van der Waals surface area contributed by atoms with Crippen LogP contribution in [0.4, 0.5) is 0 Å². The van der Waals surface area contributed by atoms with E-state index in [4.69, 9.17) is 4.42 Å². The molecule has 0 amide bonds. The molecule has 12 heavy (non-hydrogen) atoms. The smallest absolute Gasteiger partial charge is 0.408 e. The number of aromatic nitrogens is 1. The molecule has 0 bridgehead atoms. The summed E-state index contributed by atoms with van der Waals surface area (Å²) in [4.78, 5) is 24.2. The second kappa shape index (κ2) is 2.48. The second-order valence-corrected chi connectivity index (χ2v) is 2.65. The van der Waals surface area contributed by atoms with Crippen LogP contribution >= 0.6 is 0 Å². The average Bonchev–Trinajstić information content (AvgIpc) is 2.23.